The Morgan fingerprint density at radius 1 is 1.04 bits per heavy atom. The number of nitrogens with one attached hydrogen (secondary N) is 2. The zero-order chi connectivity index (χ0) is 17.9. The number of hydrogen-bond donors (Lipinski definition) is 2. The molecular weight excluding hydrogens is 353 g/mol. The second-order valence-electron chi connectivity index (χ2n) is 5.86. The predicted molar refractivity (Wildman–Crippen MR) is 92.2 cm³/mol. The van der Waals surface area contributed by atoms with E-state index < -0.39 is 6.36 Å². The lowest BCUT2D eigenvalue weighted by Crippen LogP contribution is -2.17. The molecule has 0 spiro atoms. The monoisotopic (exact) mass is 370 g/mol. The summed E-state index contributed by atoms with van der Waals surface area (Å²) in [5.41, 5.74) is 4.22. The first kappa shape index (κ1) is 17.9. The molecule has 3 nitrogen and oxygen atoms in total. The van der Waals surface area contributed by atoms with E-state index in [1.807, 2.05) is 6.07 Å². The number of anilines is 1. The first-order chi connectivity index (χ1) is 11.9. The summed E-state index contributed by atoms with van der Waals surface area (Å²) in [7, 11) is 0. The van der Waals surface area contributed by atoms with E-state index in [-0.39, 0.29) is 5.75 Å². The lowest BCUT2D eigenvalue weighted by molar-refractivity contribution is -0.274. The topological polar surface area (TPSA) is 33.3 Å². The highest BCUT2D eigenvalue weighted by molar-refractivity contribution is 6.33. The number of benzene rings is 2. The van der Waals surface area contributed by atoms with Gasteiger partial charge in [-0.2, -0.15) is 0 Å². The van der Waals surface area contributed by atoms with Crippen molar-refractivity contribution >= 4 is 17.3 Å². The second-order valence-corrected chi connectivity index (χ2v) is 6.26. The molecular formula is C18H18ClF3N2O. The van der Waals surface area contributed by atoms with E-state index in [1.54, 1.807) is 12.1 Å². The molecule has 2 aromatic rings. The molecule has 2 N–H and O–H groups in total. The van der Waals surface area contributed by atoms with Crippen LogP contribution in [-0.4, -0.2) is 19.5 Å². The molecule has 0 fully saturated rings. The van der Waals surface area contributed by atoms with Gasteiger partial charge in [-0.25, -0.2) is 0 Å². The summed E-state index contributed by atoms with van der Waals surface area (Å²) in [5.74, 6) is -0.228. The minimum atomic E-state index is -4.68. The van der Waals surface area contributed by atoms with Gasteiger partial charge in [0.25, 0.3) is 0 Å². The van der Waals surface area contributed by atoms with Crippen molar-refractivity contribution in [2.24, 2.45) is 0 Å². The number of fused-ring (bicyclic) bond motifs is 1. The van der Waals surface area contributed by atoms with Gasteiger partial charge in [0, 0.05) is 6.54 Å². The number of alkyl halides is 3. The first-order valence-corrected chi connectivity index (χ1v) is 8.40. The van der Waals surface area contributed by atoms with Crippen molar-refractivity contribution in [1.82, 2.24) is 5.32 Å². The van der Waals surface area contributed by atoms with E-state index in [0.717, 1.165) is 37.2 Å². The second kappa shape index (κ2) is 7.54. The Morgan fingerprint density at radius 3 is 2.48 bits per heavy atom. The summed E-state index contributed by atoms with van der Waals surface area (Å²) in [6.45, 7) is 2.30. The van der Waals surface area contributed by atoms with Gasteiger partial charge in [-0.15, -0.1) is 13.2 Å². The number of rotatable bonds is 4. The summed E-state index contributed by atoms with van der Waals surface area (Å²) >= 11 is 6.35. The first-order valence-electron chi connectivity index (χ1n) is 8.02. The van der Waals surface area contributed by atoms with Gasteiger partial charge >= 0.3 is 6.36 Å². The summed E-state index contributed by atoms with van der Waals surface area (Å²) in [6, 6.07) is 9.76. The van der Waals surface area contributed by atoms with Crippen molar-refractivity contribution in [2.45, 2.75) is 25.7 Å². The van der Waals surface area contributed by atoms with Gasteiger partial charge < -0.3 is 15.4 Å². The Morgan fingerprint density at radius 2 is 1.76 bits per heavy atom. The zero-order valence-electron chi connectivity index (χ0n) is 13.4. The lowest BCUT2D eigenvalue weighted by atomic mass is 10.0. The molecule has 0 saturated carbocycles. The Hall–Kier alpha value is -1.92. The highest BCUT2D eigenvalue weighted by Gasteiger charge is 2.30. The Bertz CT molecular complexity index is 732. The predicted octanol–water partition coefficient (Wildman–Crippen LogP) is 4.54. The minimum Gasteiger partial charge on any atom is -0.406 e. The molecule has 7 heteroatoms. The Kier molecular flexibility index (Phi) is 5.39. The normalized spacial score (nSPS) is 14.6. The number of halogens is 4. The van der Waals surface area contributed by atoms with E-state index >= 15 is 0 Å². The molecule has 0 aromatic heterocycles. The van der Waals surface area contributed by atoms with Crippen LogP contribution in [0.2, 0.25) is 5.02 Å². The van der Waals surface area contributed by atoms with Gasteiger partial charge in [-0.1, -0.05) is 29.8 Å². The maximum Gasteiger partial charge on any atom is 0.573 e. The van der Waals surface area contributed by atoms with Crippen LogP contribution in [0.15, 0.2) is 36.4 Å². The third-order valence-electron chi connectivity index (χ3n) is 4.11. The maximum atomic E-state index is 12.2. The largest absolute Gasteiger partial charge is 0.573 e. The fourth-order valence-electron chi connectivity index (χ4n) is 2.93. The van der Waals surface area contributed by atoms with Crippen molar-refractivity contribution in [3.63, 3.8) is 0 Å². The van der Waals surface area contributed by atoms with Crippen LogP contribution < -0.4 is 15.4 Å². The van der Waals surface area contributed by atoms with Gasteiger partial charge in [0.15, 0.2) is 0 Å². The van der Waals surface area contributed by atoms with Gasteiger partial charge in [-0.3, -0.25) is 0 Å². The van der Waals surface area contributed by atoms with Crippen LogP contribution >= 0.6 is 11.6 Å². The molecule has 0 radical (unpaired) electrons. The molecule has 1 aliphatic heterocycles. The third-order valence-corrected chi connectivity index (χ3v) is 4.42. The van der Waals surface area contributed by atoms with Gasteiger partial charge in [0.05, 0.1) is 10.7 Å². The van der Waals surface area contributed by atoms with Gasteiger partial charge in [-0.05, 0) is 60.8 Å². The average molecular weight is 371 g/mol. The van der Waals surface area contributed by atoms with Crippen molar-refractivity contribution in [3.8, 4) is 5.75 Å². The molecule has 0 bridgehead atoms. The van der Waals surface area contributed by atoms with Crippen LogP contribution in [0.25, 0.3) is 0 Å². The van der Waals surface area contributed by atoms with Crippen molar-refractivity contribution in [3.05, 3.63) is 58.1 Å². The molecule has 0 aliphatic carbocycles. The van der Waals surface area contributed by atoms with E-state index in [9.17, 15) is 13.2 Å². The molecule has 134 valence electrons. The van der Waals surface area contributed by atoms with Crippen molar-refractivity contribution < 1.29 is 17.9 Å². The minimum absolute atomic E-state index is 0.228. The van der Waals surface area contributed by atoms with E-state index in [1.165, 1.54) is 23.3 Å². The maximum absolute atomic E-state index is 12.2. The van der Waals surface area contributed by atoms with Crippen LogP contribution in [0.3, 0.4) is 0 Å². The fourth-order valence-corrected chi connectivity index (χ4v) is 3.18. The summed E-state index contributed by atoms with van der Waals surface area (Å²) in [4.78, 5) is 0. The van der Waals surface area contributed by atoms with E-state index in [0.29, 0.717) is 11.6 Å². The van der Waals surface area contributed by atoms with Crippen LogP contribution in [0, 0.1) is 0 Å². The van der Waals surface area contributed by atoms with Crippen molar-refractivity contribution in [1.29, 1.82) is 0 Å². The quantitative estimate of drug-likeness (QED) is 0.829. The summed E-state index contributed by atoms with van der Waals surface area (Å²) < 4.78 is 40.5. The average Bonchev–Trinajstić information content (AvgIpc) is 2.79. The fraction of sp³-hybridized carbons (Fsp3) is 0.333. The highest BCUT2D eigenvalue weighted by Crippen LogP contribution is 2.31. The van der Waals surface area contributed by atoms with Gasteiger partial charge in [0.2, 0.25) is 0 Å². The molecule has 0 saturated heterocycles. The van der Waals surface area contributed by atoms with Crippen LogP contribution in [0.4, 0.5) is 18.9 Å². The molecule has 1 heterocycles. The lowest BCUT2D eigenvalue weighted by Gasteiger charge is -2.16. The van der Waals surface area contributed by atoms with Crippen LogP contribution in [0.1, 0.15) is 16.7 Å². The molecule has 0 unspecified atom stereocenters. The number of ether oxygens (including phenoxy) is 1. The molecule has 0 amide bonds. The summed E-state index contributed by atoms with van der Waals surface area (Å²) in [5, 5.41) is 7.34. The Labute approximate surface area is 149 Å². The molecule has 3 rings (SSSR count). The highest BCUT2D eigenvalue weighted by atomic mass is 35.5. The Balaban J connectivity index is 1.71. The van der Waals surface area contributed by atoms with Crippen LogP contribution in [-0.2, 0) is 19.4 Å². The van der Waals surface area contributed by atoms with E-state index in [2.05, 4.69) is 21.4 Å². The molecule has 1 aliphatic rings. The zero-order valence-corrected chi connectivity index (χ0v) is 14.2. The van der Waals surface area contributed by atoms with E-state index in [4.69, 9.17) is 11.6 Å². The smallest absolute Gasteiger partial charge is 0.406 e. The standard InChI is InChI=1S/C18H18ClF3N2O/c19-16-6-3-13-7-9-23-10-8-15(13)17(16)24-11-12-1-4-14(5-2-12)25-18(20,21)22/h1-6,23-24H,7-11H2. The van der Waals surface area contributed by atoms with Gasteiger partial charge in [0.1, 0.15) is 5.75 Å². The van der Waals surface area contributed by atoms with Crippen molar-refractivity contribution in [2.75, 3.05) is 18.4 Å². The number of hydrogen-bond acceptors (Lipinski definition) is 3. The third kappa shape index (κ3) is 4.80. The SMILES string of the molecule is FC(F)(F)Oc1ccc(CNc2c(Cl)ccc3c2CCNCC3)cc1. The van der Waals surface area contributed by atoms with Crippen LogP contribution in [0.5, 0.6) is 5.75 Å². The molecule has 25 heavy (non-hydrogen) atoms. The summed E-state index contributed by atoms with van der Waals surface area (Å²) in [6.07, 6.45) is -2.84. The molecule has 2 aromatic carbocycles. The molecule has 0 atom stereocenters.